The molecule has 0 N–H and O–H groups in total. The molecule has 0 unspecified atom stereocenters. The van der Waals surface area contributed by atoms with Gasteiger partial charge in [0.1, 0.15) is 0 Å². The van der Waals surface area contributed by atoms with Crippen molar-refractivity contribution in [1.29, 1.82) is 0 Å². The minimum absolute atomic E-state index is 0.0467. The van der Waals surface area contributed by atoms with Crippen LogP contribution in [0.3, 0.4) is 0 Å². The molecule has 0 saturated carbocycles. The highest BCUT2D eigenvalue weighted by Gasteiger charge is 2.19. The van der Waals surface area contributed by atoms with Crippen molar-refractivity contribution < 1.29 is 18.6 Å². The number of fused-ring (bicyclic) bond motifs is 1. The summed E-state index contributed by atoms with van der Waals surface area (Å²) in [5.74, 6) is 2.53. The SMILES string of the molecule is COc1cc(-c2nnc(CSc3nc4ccccc4c(=O)n3C(C)C)o2)cc(OC)c1OC. The van der Waals surface area contributed by atoms with Crippen molar-refractivity contribution >= 4 is 22.7 Å². The Morgan fingerprint density at radius 3 is 2.36 bits per heavy atom. The van der Waals surface area contributed by atoms with Crippen molar-refractivity contribution in [3.8, 4) is 28.7 Å². The van der Waals surface area contributed by atoms with Crippen LogP contribution < -0.4 is 19.8 Å². The molecule has 0 aliphatic heterocycles. The summed E-state index contributed by atoms with van der Waals surface area (Å²) in [5.41, 5.74) is 1.23. The van der Waals surface area contributed by atoms with E-state index in [1.807, 2.05) is 32.0 Å². The van der Waals surface area contributed by atoms with Crippen LogP contribution in [-0.2, 0) is 5.75 Å². The summed E-state index contributed by atoms with van der Waals surface area (Å²) < 4.78 is 23.7. The van der Waals surface area contributed by atoms with Crippen molar-refractivity contribution in [1.82, 2.24) is 19.7 Å². The van der Waals surface area contributed by atoms with Crippen molar-refractivity contribution in [2.75, 3.05) is 21.3 Å². The number of rotatable bonds is 8. The second kappa shape index (κ2) is 9.53. The van der Waals surface area contributed by atoms with Gasteiger partial charge >= 0.3 is 0 Å². The number of methoxy groups -OCH3 is 3. The Morgan fingerprint density at radius 2 is 1.73 bits per heavy atom. The summed E-state index contributed by atoms with van der Waals surface area (Å²) in [6.45, 7) is 3.91. The number of ether oxygens (including phenoxy) is 3. The Hall–Kier alpha value is -3.53. The maximum absolute atomic E-state index is 13.0. The highest BCUT2D eigenvalue weighted by Crippen LogP contribution is 2.41. The van der Waals surface area contributed by atoms with Crippen LogP contribution in [-0.4, -0.2) is 41.1 Å². The van der Waals surface area contributed by atoms with E-state index < -0.39 is 0 Å². The summed E-state index contributed by atoms with van der Waals surface area (Å²) in [5, 5.41) is 9.51. The molecular formula is C23H24N4O5S. The highest BCUT2D eigenvalue weighted by atomic mass is 32.2. The van der Waals surface area contributed by atoms with E-state index in [1.54, 1.807) is 44.1 Å². The molecule has 4 rings (SSSR count). The van der Waals surface area contributed by atoms with Gasteiger partial charge in [0.05, 0.1) is 38.0 Å². The predicted molar refractivity (Wildman–Crippen MR) is 125 cm³/mol. The van der Waals surface area contributed by atoms with Crippen LogP contribution in [0.2, 0.25) is 0 Å². The molecule has 9 nitrogen and oxygen atoms in total. The quantitative estimate of drug-likeness (QED) is 0.276. The van der Waals surface area contributed by atoms with E-state index in [2.05, 4.69) is 10.2 Å². The third kappa shape index (κ3) is 4.38. The van der Waals surface area contributed by atoms with Gasteiger partial charge in [-0.3, -0.25) is 9.36 Å². The van der Waals surface area contributed by atoms with Gasteiger partial charge in [0, 0.05) is 11.6 Å². The molecule has 0 aliphatic carbocycles. The average molecular weight is 469 g/mol. The molecule has 172 valence electrons. The zero-order chi connectivity index (χ0) is 23.5. The van der Waals surface area contributed by atoms with Crippen LogP contribution in [0, 0.1) is 0 Å². The lowest BCUT2D eigenvalue weighted by molar-refractivity contribution is 0.324. The molecule has 2 aromatic carbocycles. The van der Waals surface area contributed by atoms with Crippen LogP contribution in [0.15, 0.2) is 50.8 Å². The number of hydrogen-bond acceptors (Lipinski definition) is 9. The fourth-order valence-electron chi connectivity index (χ4n) is 3.44. The first-order chi connectivity index (χ1) is 16.0. The molecule has 0 bridgehead atoms. The van der Waals surface area contributed by atoms with E-state index in [1.165, 1.54) is 11.8 Å². The lowest BCUT2D eigenvalue weighted by Gasteiger charge is -2.15. The number of thioether (sulfide) groups is 1. The standard InChI is InChI=1S/C23H24N4O5S/c1-13(2)27-22(28)15-8-6-7-9-16(15)24-23(27)33-12-19-25-26-21(32-19)14-10-17(29-3)20(31-5)18(11-14)30-4/h6-11,13H,12H2,1-5H3. The van der Waals surface area contributed by atoms with E-state index in [4.69, 9.17) is 23.6 Å². The summed E-state index contributed by atoms with van der Waals surface area (Å²) >= 11 is 1.37. The van der Waals surface area contributed by atoms with Crippen LogP contribution in [0.25, 0.3) is 22.4 Å². The van der Waals surface area contributed by atoms with Crippen molar-refractivity contribution in [3.63, 3.8) is 0 Å². The molecular weight excluding hydrogens is 444 g/mol. The van der Waals surface area contributed by atoms with E-state index >= 15 is 0 Å². The first-order valence-corrected chi connectivity index (χ1v) is 11.2. The number of hydrogen-bond donors (Lipinski definition) is 0. The number of benzene rings is 2. The smallest absolute Gasteiger partial charge is 0.262 e. The van der Waals surface area contributed by atoms with Gasteiger partial charge in [-0.1, -0.05) is 23.9 Å². The molecule has 4 aromatic rings. The van der Waals surface area contributed by atoms with Crippen molar-refractivity contribution in [3.05, 3.63) is 52.6 Å². The van der Waals surface area contributed by atoms with Gasteiger partial charge in [0.25, 0.3) is 5.56 Å². The Labute approximate surface area is 194 Å². The Bertz CT molecular complexity index is 1320. The predicted octanol–water partition coefficient (Wildman–Crippen LogP) is 4.35. The summed E-state index contributed by atoms with van der Waals surface area (Å²) in [7, 11) is 4.63. The molecule has 0 atom stereocenters. The fraction of sp³-hybridized carbons (Fsp3) is 0.304. The monoisotopic (exact) mass is 468 g/mol. The van der Waals surface area contributed by atoms with Gasteiger partial charge in [0.15, 0.2) is 16.7 Å². The summed E-state index contributed by atoms with van der Waals surface area (Å²) in [6.07, 6.45) is 0. The molecule has 2 aromatic heterocycles. The van der Waals surface area contributed by atoms with Crippen molar-refractivity contribution in [2.45, 2.75) is 30.8 Å². The third-order valence-corrected chi connectivity index (χ3v) is 5.93. The van der Waals surface area contributed by atoms with E-state index in [0.29, 0.717) is 56.4 Å². The highest BCUT2D eigenvalue weighted by molar-refractivity contribution is 7.98. The van der Waals surface area contributed by atoms with Crippen LogP contribution >= 0.6 is 11.8 Å². The van der Waals surface area contributed by atoms with E-state index in [-0.39, 0.29) is 11.6 Å². The van der Waals surface area contributed by atoms with Gasteiger partial charge in [0.2, 0.25) is 17.5 Å². The molecule has 0 amide bonds. The third-order valence-electron chi connectivity index (χ3n) is 5.00. The fourth-order valence-corrected chi connectivity index (χ4v) is 4.41. The Kier molecular flexibility index (Phi) is 6.55. The average Bonchev–Trinajstić information content (AvgIpc) is 3.30. The van der Waals surface area contributed by atoms with Gasteiger partial charge < -0.3 is 18.6 Å². The second-order valence-electron chi connectivity index (χ2n) is 7.38. The zero-order valence-corrected chi connectivity index (χ0v) is 19.8. The minimum atomic E-state index is -0.0678. The molecule has 0 saturated heterocycles. The van der Waals surface area contributed by atoms with Crippen LogP contribution in [0.1, 0.15) is 25.8 Å². The molecule has 0 radical (unpaired) electrons. The summed E-state index contributed by atoms with van der Waals surface area (Å²) in [4.78, 5) is 17.7. The lowest BCUT2D eigenvalue weighted by Crippen LogP contribution is -2.25. The van der Waals surface area contributed by atoms with E-state index in [9.17, 15) is 4.79 Å². The maximum Gasteiger partial charge on any atom is 0.262 e. The number of nitrogens with zero attached hydrogens (tertiary/aromatic N) is 4. The Morgan fingerprint density at radius 1 is 1.03 bits per heavy atom. The zero-order valence-electron chi connectivity index (χ0n) is 19.0. The van der Waals surface area contributed by atoms with Crippen LogP contribution in [0.4, 0.5) is 0 Å². The topological polar surface area (TPSA) is 102 Å². The van der Waals surface area contributed by atoms with Gasteiger partial charge in [-0.25, -0.2) is 4.98 Å². The molecule has 0 fully saturated rings. The van der Waals surface area contributed by atoms with E-state index in [0.717, 1.165) is 0 Å². The molecule has 0 spiro atoms. The second-order valence-corrected chi connectivity index (χ2v) is 8.33. The molecule has 10 heteroatoms. The normalized spacial score (nSPS) is 11.2. The molecule has 2 heterocycles. The largest absolute Gasteiger partial charge is 0.493 e. The van der Waals surface area contributed by atoms with Gasteiger partial charge in [-0.15, -0.1) is 10.2 Å². The minimum Gasteiger partial charge on any atom is -0.493 e. The van der Waals surface area contributed by atoms with Crippen molar-refractivity contribution in [2.24, 2.45) is 0 Å². The Balaban J connectivity index is 1.63. The lowest BCUT2D eigenvalue weighted by atomic mass is 10.2. The summed E-state index contributed by atoms with van der Waals surface area (Å²) in [6, 6.07) is 10.8. The van der Waals surface area contributed by atoms with Crippen LogP contribution in [0.5, 0.6) is 17.2 Å². The maximum atomic E-state index is 13.0. The van der Waals surface area contributed by atoms with Gasteiger partial charge in [-0.2, -0.15) is 0 Å². The van der Waals surface area contributed by atoms with Gasteiger partial charge in [-0.05, 0) is 38.1 Å². The number of para-hydroxylation sites is 1. The molecule has 33 heavy (non-hydrogen) atoms. The molecule has 0 aliphatic rings. The number of aromatic nitrogens is 4. The first-order valence-electron chi connectivity index (χ1n) is 10.2. The first kappa shape index (κ1) is 22.7.